The van der Waals surface area contributed by atoms with E-state index in [1.54, 1.807) is 38.3 Å². The average Bonchev–Trinajstić information content (AvgIpc) is 2.70. The molecule has 10 heteroatoms. The first-order valence-corrected chi connectivity index (χ1v) is 10.8. The fourth-order valence-electron chi connectivity index (χ4n) is 2.44. The number of nitrogens with one attached hydrogen (secondary N) is 2. The molecule has 0 aliphatic carbocycles. The number of rotatable bonds is 9. The normalized spacial score (nSPS) is 11.3. The molecular weight excluding hydrogens is 426 g/mol. The van der Waals surface area contributed by atoms with E-state index in [-0.39, 0.29) is 16.4 Å². The summed E-state index contributed by atoms with van der Waals surface area (Å²) < 4.78 is 41.0. The van der Waals surface area contributed by atoms with E-state index in [9.17, 15) is 8.42 Å². The van der Waals surface area contributed by atoms with Crippen molar-refractivity contribution in [1.82, 2.24) is 10.7 Å². The third kappa shape index (κ3) is 6.68. The van der Waals surface area contributed by atoms with E-state index in [1.165, 1.54) is 19.4 Å². The molecule has 0 aliphatic heterocycles. The van der Waals surface area contributed by atoms with E-state index in [1.807, 2.05) is 13.0 Å². The van der Waals surface area contributed by atoms with Crippen molar-refractivity contribution in [3.63, 3.8) is 0 Å². The summed E-state index contributed by atoms with van der Waals surface area (Å²) in [6, 6.07) is 9.94. The van der Waals surface area contributed by atoms with Gasteiger partial charge < -0.3 is 19.0 Å². The third-order valence-corrected chi connectivity index (χ3v) is 5.58. The van der Waals surface area contributed by atoms with Crippen LogP contribution in [0.25, 0.3) is 0 Å². The molecule has 2 rings (SSSR count). The van der Waals surface area contributed by atoms with Crippen LogP contribution in [-0.2, 0) is 14.9 Å². The van der Waals surface area contributed by atoms with Crippen molar-refractivity contribution in [2.75, 3.05) is 27.4 Å². The highest BCUT2D eigenvalue weighted by Crippen LogP contribution is 2.31. The molecule has 0 radical (unpaired) electrons. The predicted molar refractivity (Wildman–Crippen MR) is 120 cm³/mol. The zero-order valence-electron chi connectivity index (χ0n) is 17.3. The summed E-state index contributed by atoms with van der Waals surface area (Å²) >= 11 is 5.07. The molecule has 2 N–H and O–H groups in total. The lowest BCUT2D eigenvalue weighted by atomic mass is 10.2. The Labute approximate surface area is 182 Å². The number of aryl methyl sites for hydroxylation is 2. The van der Waals surface area contributed by atoms with Gasteiger partial charge in [-0.2, -0.15) is 13.5 Å². The highest BCUT2D eigenvalue weighted by molar-refractivity contribution is 7.87. The quantitative estimate of drug-likeness (QED) is 0.197. The van der Waals surface area contributed by atoms with Gasteiger partial charge in [0, 0.05) is 13.7 Å². The first kappa shape index (κ1) is 23.6. The van der Waals surface area contributed by atoms with Crippen molar-refractivity contribution in [2.24, 2.45) is 5.10 Å². The zero-order valence-corrected chi connectivity index (χ0v) is 18.9. The fraction of sp³-hybridized carbons (Fsp3) is 0.300. The Hall–Kier alpha value is -2.69. The summed E-state index contributed by atoms with van der Waals surface area (Å²) in [5.41, 5.74) is 4.77. The first-order valence-electron chi connectivity index (χ1n) is 9.02. The Morgan fingerprint density at radius 1 is 1.13 bits per heavy atom. The maximum atomic E-state index is 12.7. The molecule has 0 fully saturated rings. The summed E-state index contributed by atoms with van der Waals surface area (Å²) in [6.45, 7) is 4.62. The number of hydrazone groups is 1. The Morgan fingerprint density at radius 2 is 1.90 bits per heavy atom. The molecule has 8 nitrogen and oxygen atoms in total. The van der Waals surface area contributed by atoms with Gasteiger partial charge in [0.2, 0.25) is 0 Å². The van der Waals surface area contributed by atoms with Gasteiger partial charge in [0.15, 0.2) is 16.6 Å². The SMILES string of the molecule is COCCNC(=S)NN=Cc1ccc(OS(=O)(=O)c2cc(C)ccc2C)c(OC)c1. The van der Waals surface area contributed by atoms with Crippen molar-refractivity contribution in [2.45, 2.75) is 18.7 Å². The van der Waals surface area contributed by atoms with Crippen molar-refractivity contribution < 1.29 is 22.1 Å². The van der Waals surface area contributed by atoms with Crippen molar-refractivity contribution in [3.8, 4) is 11.5 Å². The van der Waals surface area contributed by atoms with Crippen LogP contribution < -0.4 is 19.7 Å². The van der Waals surface area contributed by atoms with E-state index < -0.39 is 10.1 Å². The molecule has 2 aromatic rings. The highest BCUT2D eigenvalue weighted by Gasteiger charge is 2.21. The van der Waals surface area contributed by atoms with Gasteiger partial charge in [-0.3, -0.25) is 5.43 Å². The number of hydrogen-bond donors (Lipinski definition) is 2. The molecule has 0 atom stereocenters. The Bertz CT molecular complexity index is 1020. The van der Waals surface area contributed by atoms with Gasteiger partial charge in [0.1, 0.15) is 4.90 Å². The molecule has 0 aliphatic rings. The van der Waals surface area contributed by atoms with Crippen LogP contribution in [0.3, 0.4) is 0 Å². The minimum atomic E-state index is -4.01. The molecule has 0 saturated heterocycles. The minimum Gasteiger partial charge on any atom is -0.493 e. The molecule has 162 valence electrons. The second-order valence-electron chi connectivity index (χ2n) is 6.34. The molecule has 30 heavy (non-hydrogen) atoms. The molecule has 0 heterocycles. The van der Waals surface area contributed by atoms with E-state index in [2.05, 4.69) is 15.8 Å². The van der Waals surface area contributed by atoms with E-state index >= 15 is 0 Å². The lowest BCUT2D eigenvalue weighted by Gasteiger charge is -2.13. The monoisotopic (exact) mass is 451 g/mol. The Kier molecular flexibility index (Phi) is 8.58. The van der Waals surface area contributed by atoms with Crippen molar-refractivity contribution in [3.05, 3.63) is 53.1 Å². The second kappa shape index (κ2) is 10.9. The number of thiocarbonyl (C=S) groups is 1. The Morgan fingerprint density at radius 3 is 2.60 bits per heavy atom. The first-order chi connectivity index (χ1) is 14.3. The highest BCUT2D eigenvalue weighted by atomic mass is 32.2. The smallest absolute Gasteiger partial charge is 0.339 e. The van der Waals surface area contributed by atoms with Crippen LogP contribution in [0.5, 0.6) is 11.5 Å². The number of ether oxygens (including phenoxy) is 2. The standard InChI is InChI=1S/C20H25N3O5S2/c1-14-5-6-15(2)19(11-14)30(24,25)28-17-8-7-16(12-18(17)27-4)13-22-23-20(29)21-9-10-26-3/h5-8,11-13H,9-10H2,1-4H3,(H2,21,23,29). The summed E-state index contributed by atoms with van der Waals surface area (Å²) in [5.74, 6) is 0.342. The molecule has 0 spiro atoms. The molecule has 0 aromatic heterocycles. The van der Waals surface area contributed by atoms with Gasteiger partial charge in [0.05, 0.1) is 19.9 Å². The minimum absolute atomic E-state index is 0.0836. The fourth-order valence-corrected chi connectivity index (χ4v) is 3.86. The average molecular weight is 452 g/mol. The van der Waals surface area contributed by atoms with Crippen molar-refractivity contribution in [1.29, 1.82) is 0 Å². The van der Waals surface area contributed by atoms with Crippen LogP contribution >= 0.6 is 12.2 Å². The molecule has 2 aromatic carbocycles. The molecule has 0 bridgehead atoms. The van der Waals surface area contributed by atoms with E-state index in [4.69, 9.17) is 25.9 Å². The lowest BCUT2D eigenvalue weighted by Crippen LogP contribution is -2.34. The summed E-state index contributed by atoms with van der Waals surface area (Å²) in [4.78, 5) is 0.119. The zero-order chi connectivity index (χ0) is 22.1. The lowest BCUT2D eigenvalue weighted by molar-refractivity contribution is 0.204. The van der Waals surface area contributed by atoms with Crippen LogP contribution in [0.4, 0.5) is 0 Å². The number of benzene rings is 2. The van der Waals surface area contributed by atoms with Gasteiger partial charge in [-0.15, -0.1) is 0 Å². The van der Waals surface area contributed by atoms with Gasteiger partial charge in [-0.05, 0) is 67.0 Å². The van der Waals surface area contributed by atoms with Gasteiger partial charge >= 0.3 is 10.1 Å². The second-order valence-corrected chi connectivity index (χ2v) is 8.26. The molecular formula is C20H25N3O5S2. The van der Waals surface area contributed by atoms with Crippen molar-refractivity contribution >= 4 is 33.7 Å². The predicted octanol–water partition coefficient (Wildman–Crippen LogP) is 2.52. The maximum absolute atomic E-state index is 12.7. The summed E-state index contributed by atoms with van der Waals surface area (Å²) in [5, 5.41) is 7.31. The van der Waals surface area contributed by atoms with Crippen LogP contribution in [0.2, 0.25) is 0 Å². The van der Waals surface area contributed by atoms with Gasteiger partial charge in [0.25, 0.3) is 0 Å². The number of nitrogens with zero attached hydrogens (tertiary/aromatic N) is 1. The third-order valence-electron chi connectivity index (χ3n) is 3.97. The van der Waals surface area contributed by atoms with Gasteiger partial charge in [-0.1, -0.05) is 12.1 Å². The van der Waals surface area contributed by atoms with Gasteiger partial charge in [-0.25, -0.2) is 0 Å². The topological polar surface area (TPSA) is 98.2 Å². The number of hydrogen-bond acceptors (Lipinski definition) is 7. The van der Waals surface area contributed by atoms with Crippen LogP contribution in [-0.4, -0.2) is 47.1 Å². The molecule has 0 unspecified atom stereocenters. The summed E-state index contributed by atoms with van der Waals surface area (Å²) in [6.07, 6.45) is 1.52. The van der Waals surface area contributed by atoms with E-state index in [0.717, 1.165) is 5.56 Å². The maximum Gasteiger partial charge on any atom is 0.339 e. The van der Waals surface area contributed by atoms with Crippen LogP contribution in [0, 0.1) is 13.8 Å². The Balaban J connectivity index is 2.13. The van der Waals surface area contributed by atoms with E-state index in [0.29, 0.717) is 29.4 Å². The molecule has 0 amide bonds. The van der Waals surface area contributed by atoms with Crippen LogP contribution in [0.1, 0.15) is 16.7 Å². The number of methoxy groups -OCH3 is 2. The molecule has 0 saturated carbocycles. The van der Waals surface area contributed by atoms with Crippen LogP contribution in [0.15, 0.2) is 46.4 Å². The largest absolute Gasteiger partial charge is 0.493 e. The summed E-state index contributed by atoms with van der Waals surface area (Å²) in [7, 11) is -0.980.